The fraction of sp³-hybridized carbons (Fsp3) is 0.167. The lowest BCUT2D eigenvalue weighted by atomic mass is 9.87. The monoisotopic (exact) mass is 708 g/mol. The zero-order valence-corrected chi connectivity index (χ0v) is 22.3. The first-order chi connectivity index (χ1) is 18.3. The highest BCUT2D eigenvalue weighted by molar-refractivity contribution is 9.11. The third-order valence-electron chi connectivity index (χ3n) is 5.36. The minimum absolute atomic E-state index is 0.0242. The van der Waals surface area contributed by atoms with Gasteiger partial charge in [0.05, 0.1) is 11.3 Å². The molecule has 0 aliphatic carbocycles. The smallest absolute Gasteiger partial charge is 0.322 e. The summed E-state index contributed by atoms with van der Waals surface area (Å²) in [7, 11) is 0. The van der Waals surface area contributed by atoms with Crippen LogP contribution in [0.3, 0.4) is 0 Å². The van der Waals surface area contributed by atoms with E-state index in [0.29, 0.717) is 0 Å². The molecule has 40 heavy (non-hydrogen) atoms. The van der Waals surface area contributed by atoms with Crippen molar-refractivity contribution in [3.63, 3.8) is 0 Å². The Morgan fingerprint density at radius 3 is 1.77 bits per heavy atom. The first-order valence-electron chi connectivity index (χ1n) is 10.5. The molecule has 3 aromatic rings. The normalized spacial score (nSPS) is 13.9. The van der Waals surface area contributed by atoms with Crippen LogP contribution in [0.4, 0.5) is 55.3 Å². The summed E-state index contributed by atoms with van der Waals surface area (Å²) in [6.45, 7) is 0. The molecule has 4 nitrogen and oxygen atoms in total. The van der Waals surface area contributed by atoms with Crippen LogP contribution < -0.4 is 10.6 Å². The molecule has 0 radical (unpaired) electrons. The van der Waals surface area contributed by atoms with Crippen LogP contribution in [0.5, 0.6) is 0 Å². The van der Waals surface area contributed by atoms with Crippen LogP contribution in [0.25, 0.3) is 0 Å². The number of anilines is 2. The van der Waals surface area contributed by atoms with E-state index in [-0.39, 0.29) is 28.9 Å². The van der Waals surface area contributed by atoms with Gasteiger partial charge in [0.15, 0.2) is 0 Å². The summed E-state index contributed by atoms with van der Waals surface area (Å²) in [5.74, 6) is -9.54. The topological polar surface area (TPSA) is 58.2 Å². The summed E-state index contributed by atoms with van der Waals surface area (Å²) in [6, 6.07) is 10.1. The molecule has 0 heterocycles. The van der Waals surface area contributed by atoms with Crippen molar-refractivity contribution in [2.24, 2.45) is 0 Å². The highest BCUT2D eigenvalue weighted by Crippen LogP contribution is 2.59. The van der Waals surface area contributed by atoms with Crippen LogP contribution in [-0.4, -0.2) is 30.1 Å². The van der Waals surface area contributed by atoms with E-state index in [9.17, 15) is 53.5 Å². The van der Waals surface area contributed by atoms with Gasteiger partial charge in [0.25, 0.3) is 11.8 Å². The molecule has 0 fully saturated rings. The van der Waals surface area contributed by atoms with Crippen molar-refractivity contribution < 1.29 is 53.5 Å². The van der Waals surface area contributed by atoms with Gasteiger partial charge in [0, 0.05) is 25.8 Å². The van der Waals surface area contributed by atoms with Crippen molar-refractivity contribution in [3.05, 3.63) is 92.1 Å². The van der Waals surface area contributed by atoms with Crippen molar-refractivity contribution in [2.45, 2.75) is 23.9 Å². The Morgan fingerprint density at radius 1 is 0.675 bits per heavy atom. The average Bonchev–Trinajstić information content (AvgIpc) is 2.84. The van der Waals surface area contributed by atoms with Crippen molar-refractivity contribution in [1.82, 2.24) is 0 Å². The zero-order chi connectivity index (χ0) is 30.3. The van der Waals surface area contributed by atoms with Gasteiger partial charge in [-0.1, -0.05) is 18.2 Å². The fourth-order valence-electron chi connectivity index (χ4n) is 3.38. The second-order valence-electron chi connectivity index (χ2n) is 8.01. The minimum Gasteiger partial charge on any atom is -0.322 e. The third-order valence-corrected chi connectivity index (χ3v) is 6.61. The van der Waals surface area contributed by atoms with Gasteiger partial charge in [-0.2, -0.15) is 35.1 Å². The molecule has 16 heteroatoms. The highest BCUT2D eigenvalue weighted by atomic mass is 79.9. The van der Waals surface area contributed by atoms with Gasteiger partial charge in [-0.15, -0.1) is 0 Å². The molecule has 0 saturated carbocycles. The Balaban J connectivity index is 1.92. The molecule has 1 unspecified atom stereocenters. The number of carbonyl (C=O) groups is 2. The predicted molar refractivity (Wildman–Crippen MR) is 130 cm³/mol. The molecule has 0 aliphatic heterocycles. The summed E-state index contributed by atoms with van der Waals surface area (Å²) in [6.07, 6.45) is -13.6. The summed E-state index contributed by atoms with van der Waals surface area (Å²) >= 11 is 5.32. The molecule has 0 aliphatic rings. The van der Waals surface area contributed by atoms with Crippen LogP contribution in [0, 0.1) is 5.82 Å². The number of alkyl halides is 9. The summed E-state index contributed by atoms with van der Waals surface area (Å²) < 4.78 is 133. The van der Waals surface area contributed by atoms with Crippen LogP contribution in [-0.2, 0) is 5.67 Å². The van der Waals surface area contributed by atoms with Crippen LogP contribution in [0.2, 0.25) is 0 Å². The van der Waals surface area contributed by atoms with Crippen molar-refractivity contribution in [2.75, 3.05) is 10.6 Å². The van der Waals surface area contributed by atoms with Crippen LogP contribution in [0.15, 0.2) is 69.6 Å². The first-order valence-corrected chi connectivity index (χ1v) is 12.1. The van der Waals surface area contributed by atoms with Crippen LogP contribution >= 0.6 is 31.9 Å². The lowest BCUT2D eigenvalue weighted by molar-refractivity contribution is -0.389. The minimum atomic E-state index is -6.91. The molecule has 0 bridgehead atoms. The van der Waals surface area contributed by atoms with Gasteiger partial charge in [-0.05, 0) is 74.3 Å². The lowest BCUT2D eigenvalue weighted by Crippen LogP contribution is -2.59. The van der Waals surface area contributed by atoms with Gasteiger partial charge in [0.2, 0.25) is 0 Å². The first kappa shape index (κ1) is 31.4. The summed E-state index contributed by atoms with van der Waals surface area (Å²) in [5.41, 5.74) is -9.18. The number of carbonyl (C=O) groups excluding carboxylic acids is 2. The number of hydrogen-bond acceptors (Lipinski definition) is 2. The Hall–Kier alpha value is -3.14. The summed E-state index contributed by atoms with van der Waals surface area (Å²) in [4.78, 5) is 25.1. The molecular formula is C24H12Br2F10N2O2. The van der Waals surface area contributed by atoms with E-state index in [0.717, 1.165) is 12.1 Å². The van der Waals surface area contributed by atoms with Gasteiger partial charge in [0.1, 0.15) is 5.82 Å². The average molecular weight is 710 g/mol. The van der Waals surface area contributed by atoms with E-state index in [1.165, 1.54) is 36.4 Å². The largest absolute Gasteiger partial charge is 0.457 e. The Kier molecular flexibility index (Phi) is 8.65. The van der Waals surface area contributed by atoms with E-state index in [4.69, 9.17) is 0 Å². The zero-order valence-electron chi connectivity index (χ0n) is 19.1. The number of nitrogens with one attached hydrogen (secondary N) is 2. The Morgan fingerprint density at radius 2 is 1.25 bits per heavy atom. The van der Waals surface area contributed by atoms with E-state index in [1.54, 1.807) is 0 Å². The number of halogens is 12. The van der Waals surface area contributed by atoms with E-state index < -0.39 is 61.8 Å². The number of benzene rings is 3. The predicted octanol–water partition coefficient (Wildman–Crippen LogP) is 8.78. The fourth-order valence-corrected chi connectivity index (χ4v) is 4.76. The second-order valence-corrected chi connectivity index (χ2v) is 9.72. The molecule has 3 rings (SSSR count). The van der Waals surface area contributed by atoms with E-state index in [2.05, 4.69) is 42.5 Å². The SMILES string of the molecule is O=C(Nc1c(Br)cc(C(F)(C(F)(F)F)C(F)(F)C(F)(F)F)cc1Br)c1cccc(NC(=O)c2ccccc2F)c1. The number of hydrogen-bond donors (Lipinski definition) is 2. The number of rotatable bonds is 6. The molecule has 0 aromatic heterocycles. The van der Waals surface area contributed by atoms with Gasteiger partial charge >= 0.3 is 23.9 Å². The quantitative estimate of drug-likeness (QED) is 0.252. The van der Waals surface area contributed by atoms with Crippen molar-refractivity contribution >= 4 is 55.0 Å². The Bertz CT molecular complexity index is 1440. The van der Waals surface area contributed by atoms with Crippen molar-refractivity contribution in [1.29, 1.82) is 0 Å². The van der Waals surface area contributed by atoms with Gasteiger partial charge in [-0.3, -0.25) is 9.59 Å². The Labute approximate surface area is 235 Å². The number of amides is 2. The van der Waals surface area contributed by atoms with E-state index in [1.807, 2.05) is 0 Å². The molecule has 214 valence electrons. The molecule has 0 spiro atoms. The lowest BCUT2D eigenvalue weighted by Gasteiger charge is -2.36. The molecular weight excluding hydrogens is 698 g/mol. The molecule has 2 N–H and O–H groups in total. The molecule has 0 saturated heterocycles. The van der Waals surface area contributed by atoms with Crippen LogP contribution in [0.1, 0.15) is 26.3 Å². The second kappa shape index (κ2) is 11.0. The maximum atomic E-state index is 14.8. The molecule has 2 amide bonds. The van der Waals surface area contributed by atoms with Gasteiger partial charge < -0.3 is 10.6 Å². The standard InChI is InChI=1S/C24H12Br2F10N2O2/c25-15-9-12(21(28,23(31,32)33)22(29,30)24(34,35)36)10-16(26)18(15)38-19(39)11-4-3-5-13(8-11)37-20(40)14-6-1-2-7-17(14)27/h1-10H,(H,37,40)(H,38,39). The third kappa shape index (κ3) is 5.82. The molecule has 1 atom stereocenters. The molecule has 3 aromatic carbocycles. The maximum Gasteiger partial charge on any atom is 0.457 e. The van der Waals surface area contributed by atoms with E-state index >= 15 is 0 Å². The van der Waals surface area contributed by atoms with Gasteiger partial charge in [-0.25, -0.2) is 8.78 Å². The maximum absolute atomic E-state index is 14.8. The highest BCUT2D eigenvalue weighted by Gasteiger charge is 2.81. The summed E-state index contributed by atoms with van der Waals surface area (Å²) in [5, 5.41) is 4.54. The van der Waals surface area contributed by atoms with Crippen molar-refractivity contribution in [3.8, 4) is 0 Å².